The second-order valence-corrected chi connectivity index (χ2v) is 5.91. The highest BCUT2D eigenvalue weighted by Crippen LogP contribution is 2.10. The monoisotopic (exact) mass is 323 g/mol. The fraction of sp³-hybridized carbons (Fsp3) is 0.263. The number of nitrogens with zero attached hydrogens (tertiary/aromatic N) is 1. The third-order valence-corrected chi connectivity index (χ3v) is 3.79. The van der Waals surface area contributed by atoms with Gasteiger partial charge in [0, 0.05) is 12.2 Å². The molecule has 0 bridgehead atoms. The predicted molar refractivity (Wildman–Crippen MR) is 99.5 cm³/mol. The third kappa shape index (κ3) is 6.09. The molecule has 2 N–H and O–H groups in total. The van der Waals surface area contributed by atoms with Crippen LogP contribution in [0.2, 0.25) is 0 Å². The SMILES string of the molecule is Cc1ccc(CCCNC(=S)Nc2ccc(CC#N)cc2)cc1. The molecule has 2 aromatic carbocycles. The molecule has 0 aliphatic carbocycles. The van der Waals surface area contributed by atoms with Crippen LogP contribution in [0.15, 0.2) is 48.5 Å². The zero-order valence-electron chi connectivity index (χ0n) is 13.3. The lowest BCUT2D eigenvalue weighted by molar-refractivity contribution is 0.777. The van der Waals surface area contributed by atoms with Crippen LogP contribution in [0.5, 0.6) is 0 Å². The van der Waals surface area contributed by atoms with Gasteiger partial charge in [0.15, 0.2) is 5.11 Å². The first-order valence-electron chi connectivity index (χ1n) is 7.73. The summed E-state index contributed by atoms with van der Waals surface area (Å²) in [5, 5.41) is 15.7. The third-order valence-electron chi connectivity index (χ3n) is 3.54. The molecule has 4 heteroatoms. The number of anilines is 1. The Bertz CT molecular complexity index is 669. The topological polar surface area (TPSA) is 47.8 Å². The molecule has 0 radical (unpaired) electrons. The molecule has 2 aromatic rings. The van der Waals surface area contributed by atoms with Crippen LogP contribution in [0.3, 0.4) is 0 Å². The lowest BCUT2D eigenvalue weighted by atomic mass is 10.1. The molecule has 0 spiro atoms. The van der Waals surface area contributed by atoms with E-state index in [4.69, 9.17) is 17.5 Å². The minimum absolute atomic E-state index is 0.433. The molecule has 0 heterocycles. The summed E-state index contributed by atoms with van der Waals surface area (Å²) in [4.78, 5) is 0. The molecule has 0 fully saturated rings. The number of rotatable bonds is 6. The molecule has 0 atom stereocenters. The molecule has 0 amide bonds. The first kappa shape index (κ1) is 17.0. The smallest absolute Gasteiger partial charge is 0.170 e. The minimum atomic E-state index is 0.433. The molecule has 23 heavy (non-hydrogen) atoms. The summed E-state index contributed by atoms with van der Waals surface area (Å²) in [7, 11) is 0. The number of aryl methyl sites for hydroxylation is 2. The summed E-state index contributed by atoms with van der Waals surface area (Å²) in [5.74, 6) is 0. The second-order valence-electron chi connectivity index (χ2n) is 5.50. The number of nitriles is 1. The molecule has 2 rings (SSSR count). The highest BCUT2D eigenvalue weighted by atomic mass is 32.1. The van der Waals surface area contributed by atoms with Crippen LogP contribution in [-0.2, 0) is 12.8 Å². The zero-order chi connectivity index (χ0) is 16.5. The van der Waals surface area contributed by atoms with Crippen LogP contribution in [0.1, 0.15) is 23.1 Å². The van der Waals surface area contributed by atoms with Gasteiger partial charge in [0.05, 0.1) is 12.5 Å². The number of nitrogens with one attached hydrogen (secondary N) is 2. The summed E-state index contributed by atoms with van der Waals surface area (Å²) in [5.41, 5.74) is 4.58. The van der Waals surface area contributed by atoms with Crippen molar-refractivity contribution < 1.29 is 0 Å². The van der Waals surface area contributed by atoms with Crippen molar-refractivity contribution in [3.8, 4) is 6.07 Å². The van der Waals surface area contributed by atoms with Crippen molar-refractivity contribution in [1.29, 1.82) is 5.26 Å². The van der Waals surface area contributed by atoms with Gasteiger partial charge in [-0.05, 0) is 55.2 Å². The molecule has 0 aliphatic rings. The van der Waals surface area contributed by atoms with Crippen LogP contribution < -0.4 is 10.6 Å². The maximum atomic E-state index is 8.65. The molecule has 0 unspecified atom stereocenters. The van der Waals surface area contributed by atoms with Crippen molar-refractivity contribution in [1.82, 2.24) is 5.32 Å². The Morgan fingerprint density at radius 1 is 1.04 bits per heavy atom. The van der Waals surface area contributed by atoms with Gasteiger partial charge in [0.2, 0.25) is 0 Å². The number of thiocarbonyl (C=S) groups is 1. The summed E-state index contributed by atoms with van der Waals surface area (Å²) in [6.07, 6.45) is 2.51. The molecule has 0 aromatic heterocycles. The minimum Gasteiger partial charge on any atom is -0.362 e. The zero-order valence-corrected chi connectivity index (χ0v) is 14.1. The van der Waals surface area contributed by atoms with Crippen LogP contribution in [0, 0.1) is 18.3 Å². The van der Waals surface area contributed by atoms with E-state index in [0.717, 1.165) is 30.6 Å². The highest BCUT2D eigenvalue weighted by molar-refractivity contribution is 7.80. The lowest BCUT2D eigenvalue weighted by Crippen LogP contribution is -2.29. The van der Waals surface area contributed by atoms with Crippen LogP contribution >= 0.6 is 12.2 Å². The second kappa shape index (κ2) is 8.92. The standard InChI is InChI=1S/C19H21N3S/c1-15-4-6-16(7-5-15)3-2-14-21-19(23)22-18-10-8-17(9-11-18)12-13-20/h4-11H,2-3,12,14H2,1H3,(H2,21,22,23). The molecule has 0 saturated carbocycles. The van der Waals surface area contributed by atoms with Gasteiger partial charge in [-0.3, -0.25) is 0 Å². The summed E-state index contributed by atoms with van der Waals surface area (Å²) in [6, 6.07) is 18.5. The summed E-state index contributed by atoms with van der Waals surface area (Å²) in [6.45, 7) is 2.94. The fourth-order valence-corrected chi connectivity index (χ4v) is 2.44. The van der Waals surface area contributed by atoms with Crippen LogP contribution in [-0.4, -0.2) is 11.7 Å². The quantitative estimate of drug-likeness (QED) is 0.623. The Balaban J connectivity index is 1.68. The fourth-order valence-electron chi connectivity index (χ4n) is 2.22. The van der Waals surface area contributed by atoms with Gasteiger partial charge in [-0.25, -0.2) is 0 Å². The average molecular weight is 323 g/mol. The lowest BCUT2D eigenvalue weighted by Gasteiger charge is -2.11. The van der Waals surface area contributed by atoms with Gasteiger partial charge >= 0.3 is 0 Å². The molecule has 0 saturated heterocycles. The van der Waals surface area contributed by atoms with Gasteiger partial charge in [0.1, 0.15) is 0 Å². The Morgan fingerprint density at radius 3 is 2.35 bits per heavy atom. The Labute approximate surface area is 143 Å². The molecule has 3 nitrogen and oxygen atoms in total. The van der Waals surface area contributed by atoms with Crippen molar-refractivity contribution in [2.24, 2.45) is 0 Å². The van der Waals surface area contributed by atoms with Crippen LogP contribution in [0.25, 0.3) is 0 Å². The van der Waals surface area contributed by atoms with Crippen molar-refractivity contribution in [2.45, 2.75) is 26.2 Å². The van der Waals surface area contributed by atoms with Crippen molar-refractivity contribution in [3.63, 3.8) is 0 Å². The van der Waals surface area contributed by atoms with Gasteiger partial charge in [0.25, 0.3) is 0 Å². The molecule has 0 aliphatic heterocycles. The van der Waals surface area contributed by atoms with Gasteiger partial charge in [-0.1, -0.05) is 42.0 Å². The van der Waals surface area contributed by atoms with Gasteiger partial charge < -0.3 is 10.6 Å². The van der Waals surface area contributed by atoms with Crippen molar-refractivity contribution in [2.75, 3.05) is 11.9 Å². The maximum absolute atomic E-state index is 8.65. The van der Waals surface area contributed by atoms with E-state index in [1.807, 2.05) is 24.3 Å². The van der Waals surface area contributed by atoms with E-state index in [-0.39, 0.29) is 0 Å². The van der Waals surface area contributed by atoms with Crippen molar-refractivity contribution in [3.05, 3.63) is 65.2 Å². The summed E-state index contributed by atoms with van der Waals surface area (Å²) < 4.78 is 0. The number of hydrogen-bond donors (Lipinski definition) is 2. The van der Waals surface area contributed by atoms with Crippen molar-refractivity contribution >= 4 is 23.0 Å². The number of benzene rings is 2. The molecular weight excluding hydrogens is 302 g/mol. The predicted octanol–water partition coefficient (Wildman–Crippen LogP) is 3.98. The maximum Gasteiger partial charge on any atom is 0.170 e. The first-order chi connectivity index (χ1) is 11.2. The Kier molecular flexibility index (Phi) is 6.58. The average Bonchev–Trinajstić information content (AvgIpc) is 2.55. The highest BCUT2D eigenvalue weighted by Gasteiger charge is 1.99. The van der Waals surface area contributed by atoms with E-state index in [2.05, 4.69) is 47.9 Å². The van der Waals surface area contributed by atoms with E-state index >= 15 is 0 Å². The Morgan fingerprint density at radius 2 is 1.70 bits per heavy atom. The van der Waals surface area contributed by atoms with E-state index < -0.39 is 0 Å². The van der Waals surface area contributed by atoms with Gasteiger partial charge in [-0.15, -0.1) is 0 Å². The van der Waals surface area contributed by atoms with Crippen LogP contribution in [0.4, 0.5) is 5.69 Å². The first-order valence-corrected chi connectivity index (χ1v) is 8.14. The molecule has 118 valence electrons. The van der Waals surface area contributed by atoms with E-state index in [0.29, 0.717) is 11.5 Å². The summed E-state index contributed by atoms with van der Waals surface area (Å²) >= 11 is 5.29. The number of hydrogen-bond acceptors (Lipinski definition) is 2. The van der Waals surface area contributed by atoms with E-state index in [1.165, 1.54) is 11.1 Å². The van der Waals surface area contributed by atoms with E-state index in [9.17, 15) is 0 Å². The largest absolute Gasteiger partial charge is 0.362 e. The normalized spacial score (nSPS) is 9.91. The van der Waals surface area contributed by atoms with E-state index in [1.54, 1.807) is 0 Å². The Hall–Kier alpha value is -2.38. The molecular formula is C19H21N3S. The van der Waals surface area contributed by atoms with Gasteiger partial charge in [-0.2, -0.15) is 5.26 Å².